The van der Waals surface area contributed by atoms with E-state index < -0.39 is 17.1 Å². The van der Waals surface area contributed by atoms with E-state index >= 15 is 0 Å². The highest BCUT2D eigenvalue weighted by Crippen LogP contribution is 2.18. The molecule has 31 heavy (non-hydrogen) atoms. The van der Waals surface area contributed by atoms with Crippen LogP contribution in [0.3, 0.4) is 0 Å². The summed E-state index contributed by atoms with van der Waals surface area (Å²) in [6.07, 6.45) is 3.12. The zero-order valence-electron chi connectivity index (χ0n) is 16.9. The maximum absolute atomic E-state index is 13.5. The van der Waals surface area contributed by atoms with Crippen LogP contribution in [0.15, 0.2) is 58.4 Å². The Labute approximate surface area is 180 Å². The number of amides is 1. The number of hydrogen-bond acceptors (Lipinski definition) is 5. The van der Waals surface area contributed by atoms with Gasteiger partial charge < -0.3 is 5.32 Å². The number of aryl methyl sites for hydroxylation is 2. The predicted octanol–water partition coefficient (Wildman–Crippen LogP) is 2.65. The van der Waals surface area contributed by atoms with Crippen molar-refractivity contribution in [2.24, 2.45) is 0 Å². The van der Waals surface area contributed by atoms with E-state index in [4.69, 9.17) is 0 Å². The summed E-state index contributed by atoms with van der Waals surface area (Å²) in [4.78, 5) is 43.2. The van der Waals surface area contributed by atoms with Gasteiger partial charge in [-0.05, 0) is 43.2 Å². The zero-order valence-corrected chi connectivity index (χ0v) is 17.7. The summed E-state index contributed by atoms with van der Waals surface area (Å²) in [5, 5.41) is 2.80. The molecule has 0 fully saturated rings. The summed E-state index contributed by atoms with van der Waals surface area (Å²) in [5.74, 6) is -0.793. The Hall–Kier alpha value is -3.59. The molecule has 3 heterocycles. The molecule has 0 atom stereocenters. The van der Waals surface area contributed by atoms with Gasteiger partial charge in [0, 0.05) is 30.2 Å². The number of benzene rings is 1. The molecule has 4 rings (SSSR count). The van der Waals surface area contributed by atoms with Crippen molar-refractivity contribution in [2.45, 2.75) is 26.9 Å². The average Bonchev–Trinajstić information content (AvgIpc) is 3.21. The summed E-state index contributed by atoms with van der Waals surface area (Å²) in [6.45, 7) is 3.72. The first-order chi connectivity index (χ1) is 14.8. The van der Waals surface area contributed by atoms with Gasteiger partial charge in [-0.2, -0.15) is 0 Å². The number of hydrogen-bond donors (Lipinski definition) is 1. The Balaban J connectivity index is 1.65. The number of thiazole rings is 1. The van der Waals surface area contributed by atoms with Gasteiger partial charge in [-0.1, -0.05) is 18.2 Å². The first-order valence-corrected chi connectivity index (χ1v) is 10.3. The number of carbonyl (C=O) groups excluding carboxylic acids is 1. The molecule has 0 aliphatic carbocycles. The van der Waals surface area contributed by atoms with Crippen molar-refractivity contribution >= 4 is 22.1 Å². The number of carbonyl (C=O) groups is 1. The van der Waals surface area contributed by atoms with E-state index in [2.05, 4.69) is 10.3 Å². The van der Waals surface area contributed by atoms with Crippen LogP contribution in [0.1, 0.15) is 32.1 Å². The minimum absolute atomic E-state index is 0.0585. The molecule has 0 aliphatic rings. The third-order valence-electron chi connectivity index (χ3n) is 4.87. The van der Waals surface area contributed by atoms with Gasteiger partial charge in [0.25, 0.3) is 11.5 Å². The molecule has 0 radical (unpaired) electrons. The summed E-state index contributed by atoms with van der Waals surface area (Å²) in [6, 6.07) is 9.48. The second kappa shape index (κ2) is 8.27. The van der Waals surface area contributed by atoms with Crippen LogP contribution in [0.5, 0.6) is 0 Å². The molecule has 9 heteroatoms. The molecular weight excluding hydrogens is 419 g/mol. The topological polar surface area (TPSA) is 85.5 Å². The van der Waals surface area contributed by atoms with Gasteiger partial charge in [0.05, 0.1) is 6.54 Å². The lowest BCUT2D eigenvalue weighted by Gasteiger charge is -2.07. The Kier molecular flexibility index (Phi) is 5.51. The Morgan fingerprint density at radius 2 is 1.97 bits per heavy atom. The van der Waals surface area contributed by atoms with Crippen molar-refractivity contribution < 1.29 is 9.18 Å². The molecule has 0 saturated carbocycles. The number of rotatable bonds is 5. The van der Waals surface area contributed by atoms with Crippen molar-refractivity contribution in [3.63, 3.8) is 0 Å². The van der Waals surface area contributed by atoms with Gasteiger partial charge in [-0.3, -0.25) is 23.5 Å². The molecule has 0 saturated heterocycles. The van der Waals surface area contributed by atoms with Crippen LogP contribution < -0.4 is 16.6 Å². The first-order valence-electron chi connectivity index (χ1n) is 9.53. The van der Waals surface area contributed by atoms with E-state index in [1.807, 2.05) is 19.1 Å². The van der Waals surface area contributed by atoms with Gasteiger partial charge in [-0.15, -0.1) is 11.3 Å². The minimum Gasteiger partial charge on any atom is -0.347 e. The molecule has 1 N–H and O–H groups in total. The Morgan fingerprint density at radius 3 is 2.68 bits per heavy atom. The van der Waals surface area contributed by atoms with E-state index in [1.54, 1.807) is 19.2 Å². The standard InChI is InChI=1S/C22H19FN4O3S/c1-13-6-7-16(9-24-13)10-25-19(28)18-12-27-21(31-18)14(2)20(29)26(22(27)30)11-15-4-3-5-17(23)8-15/h3-9,12H,10-11H2,1-2H3,(H,25,28). The molecule has 1 amide bonds. The highest BCUT2D eigenvalue weighted by molar-refractivity contribution is 7.19. The van der Waals surface area contributed by atoms with Crippen molar-refractivity contribution in [3.8, 4) is 0 Å². The lowest BCUT2D eigenvalue weighted by Crippen LogP contribution is -2.38. The summed E-state index contributed by atoms with van der Waals surface area (Å²) in [7, 11) is 0. The molecule has 1 aromatic carbocycles. The summed E-state index contributed by atoms with van der Waals surface area (Å²) in [5.41, 5.74) is 1.54. The van der Waals surface area contributed by atoms with Crippen molar-refractivity contribution in [3.05, 3.63) is 103 Å². The third kappa shape index (κ3) is 4.17. The molecule has 0 spiro atoms. The van der Waals surface area contributed by atoms with E-state index in [9.17, 15) is 18.8 Å². The fourth-order valence-electron chi connectivity index (χ4n) is 3.20. The molecule has 4 aromatic rings. The second-order valence-corrected chi connectivity index (χ2v) is 8.22. The van der Waals surface area contributed by atoms with Crippen LogP contribution in [0.4, 0.5) is 4.39 Å². The second-order valence-electron chi connectivity index (χ2n) is 7.19. The lowest BCUT2D eigenvalue weighted by atomic mass is 10.2. The minimum atomic E-state index is -0.576. The predicted molar refractivity (Wildman–Crippen MR) is 116 cm³/mol. The zero-order chi connectivity index (χ0) is 22.1. The van der Waals surface area contributed by atoms with Gasteiger partial charge in [0.15, 0.2) is 0 Å². The molecule has 0 bridgehead atoms. The number of pyridine rings is 1. The number of nitrogens with one attached hydrogen (secondary N) is 1. The molecule has 0 aliphatic heterocycles. The van der Waals surface area contributed by atoms with Crippen LogP contribution in [0.25, 0.3) is 4.83 Å². The Bertz CT molecular complexity index is 1400. The van der Waals surface area contributed by atoms with Crippen molar-refractivity contribution in [2.75, 3.05) is 0 Å². The van der Waals surface area contributed by atoms with Crippen LogP contribution in [0.2, 0.25) is 0 Å². The fraction of sp³-hybridized carbons (Fsp3) is 0.182. The lowest BCUT2D eigenvalue weighted by molar-refractivity contribution is 0.0954. The average molecular weight is 438 g/mol. The maximum Gasteiger partial charge on any atom is 0.336 e. The highest BCUT2D eigenvalue weighted by atomic mass is 32.1. The normalized spacial score (nSPS) is 11.1. The quantitative estimate of drug-likeness (QED) is 0.519. The molecule has 0 unspecified atom stereocenters. The molecule has 3 aromatic heterocycles. The largest absolute Gasteiger partial charge is 0.347 e. The van der Waals surface area contributed by atoms with Crippen molar-refractivity contribution in [1.29, 1.82) is 0 Å². The summed E-state index contributed by atoms with van der Waals surface area (Å²) >= 11 is 1.08. The van der Waals surface area contributed by atoms with E-state index in [1.165, 1.54) is 28.8 Å². The van der Waals surface area contributed by atoms with Crippen LogP contribution >= 0.6 is 11.3 Å². The van der Waals surface area contributed by atoms with E-state index in [0.29, 0.717) is 27.4 Å². The summed E-state index contributed by atoms with van der Waals surface area (Å²) < 4.78 is 15.8. The molecule has 158 valence electrons. The fourth-order valence-corrected chi connectivity index (χ4v) is 4.20. The molecular formula is C22H19FN4O3S. The number of nitrogens with zero attached hydrogens (tertiary/aromatic N) is 3. The Morgan fingerprint density at radius 1 is 1.16 bits per heavy atom. The van der Waals surface area contributed by atoms with Crippen LogP contribution in [0, 0.1) is 19.7 Å². The first kappa shape index (κ1) is 20.7. The monoisotopic (exact) mass is 438 g/mol. The number of fused-ring (bicyclic) bond motifs is 1. The van der Waals surface area contributed by atoms with Crippen molar-refractivity contribution in [1.82, 2.24) is 19.3 Å². The van der Waals surface area contributed by atoms with Gasteiger partial charge in [0.1, 0.15) is 15.5 Å². The molecule has 7 nitrogen and oxygen atoms in total. The highest BCUT2D eigenvalue weighted by Gasteiger charge is 2.17. The van der Waals surface area contributed by atoms with Gasteiger partial charge >= 0.3 is 5.69 Å². The third-order valence-corrected chi connectivity index (χ3v) is 6.08. The van der Waals surface area contributed by atoms with Gasteiger partial charge in [-0.25, -0.2) is 9.18 Å². The van der Waals surface area contributed by atoms with E-state index in [-0.39, 0.29) is 12.5 Å². The maximum atomic E-state index is 13.5. The smallest absolute Gasteiger partial charge is 0.336 e. The number of halogens is 1. The SMILES string of the molecule is Cc1ccc(CNC(=O)c2cn3c(=O)n(Cc4cccc(F)c4)c(=O)c(C)c3s2)cn1. The van der Waals surface area contributed by atoms with Crippen LogP contribution in [-0.4, -0.2) is 19.9 Å². The van der Waals surface area contributed by atoms with E-state index in [0.717, 1.165) is 27.2 Å². The number of aromatic nitrogens is 3. The van der Waals surface area contributed by atoms with Crippen LogP contribution in [-0.2, 0) is 13.1 Å². The van der Waals surface area contributed by atoms with Gasteiger partial charge in [0.2, 0.25) is 0 Å².